The number of halogens is 1. The Hall–Kier alpha value is -2.80. The van der Waals surface area contributed by atoms with Crippen LogP contribution in [0.1, 0.15) is 20.7 Å². The number of hydrazine groups is 1. The van der Waals surface area contributed by atoms with Gasteiger partial charge in [-0.25, -0.2) is 4.39 Å². The Labute approximate surface area is 131 Å². The molecule has 0 saturated heterocycles. The summed E-state index contributed by atoms with van der Waals surface area (Å²) >= 11 is 4.90. The van der Waals surface area contributed by atoms with Gasteiger partial charge in [-0.15, -0.1) is 0 Å². The predicted molar refractivity (Wildman–Crippen MR) is 83.5 cm³/mol. The van der Waals surface area contributed by atoms with Crippen molar-refractivity contribution < 1.29 is 14.0 Å². The monoisotopic (exact) mass is 317 g/mol. The highest BCUT2D eigenvalue weighted by Gasteiger charge is 2.09. The van der Waals surface area contributed by atoms with Crippen molar-refractivity contribution in [2.45, 2.75) is 0 Å². The molecule has 22 heavy (non-hydrogen) atoms. The van der Waals surface area contributed by atoms with Gasteiger partial charge in [0.25, 0.3) is 11.8 Å². The number of rotatable bonds is 2. The number of thiocarbonyl (C=S) groups is 1. The highest BCUT2D eigenvalue weighted by atomic mass is 32.1. The summed E-state index contributed by atoms with van der Waals surface area (Å²) in [6, 6.07) is 13.5. The molecule has 0 radical (unpaired) electrons. The Morgan fingerprint density at radius 2 is 1.41 bits per heavy atom. The molecule has 2 amide bonds. The molecule has 0 saturated carbocycles. The molecule has 0 aliphatic heterocycles. The van der Waals surface area contributed by atoms with Crippen LogP contribution in [0, 0.1) is 5.82 Å². The van der Waals surface area contributed by atoms with Gasteiger partial charge in [-0.2, -0.15) is 0 Å². The molecule has 5 nitrogen and oxygen atoms in total. The summed E-state index contributed by atoms with van der Waals surface area (Å²) in [5.41, 5.74) is 5.41. The van der Waals surface area contributed by atoms with Crippen LogP contribution in [-0.4, -0.2) is 16.9 Å². The van der Waals surface area contributed by atoms with E-state index in [1.54, 1.807) is 30.3 Å². The summed E-state index contributed by atoms with van der Waals surface area (Å²) in [5, 5.41) is 2.37. The van der Waals surface area contributed by atoms with Gasteiger partial charge < -0.3 is 0 Å². The fraction of sp³-hybridized carbons (Fsp3) is 0. The van der Waals surface area contributed by atoms with Gasteiger partial charge in [0.05, 0.1) is 0 Å². The first-order valence-corrected chi connectivity index (χ1v) is 6.69. The van der Waals surface area contributed by atoms with Crippen LogP contribution in [0.5, 0.6) is 0 Å². The van der Waals surface area contributed by atoms with Crippen LogP contribution in [0.3, 0.4) is 0 Å². The Balaban J connectivity index is 1.84. The van der Waals surface area contributed by atoms with Gasteiger partial charge in [0, 0.05) is 11.1 Å². The van der Waals surface area contributed by atoms with Crippen LogP contribution in [0.15, 0.2) is 54.6 Å². The van der Waals surface area contributed by atoms with Crippen molar-refractivity contribution in [1.82, 2.24) is 16.2 Å². The van der Waals surface area contributed by atoms with Crippen molar-refractivity contribution in [1.29, 1.82) is 0 Å². The molecule has 2 aromatic carbocycles. The molecule has 0 heterocycles. The summed E-state index contributed by atoms with van der Waals surface area (Å²) in [5.74, 6) is -1.33. The van der Waals surface area contributed by atoms with Crippen molar-refractivity contribution in [2.24, 2.45) is 0 Å². The molecule has 2 aromatic rings. The molecule has 0 unspecified atom stereocenters. The third-order valence-corrected chi connectivity index (χ3v) is 2.86. The molecule has 3 N–H and O–H groups in total. The molecule has 0 aromatic heterocycles. The van der Waals surface area contributed by atoms with E-state index >= 15 is 0 Å². The van der Waals surface area contributed by atoms with E-state index in [-0.39, 0.29) is 10.7 Å². The summed E-state index contributed by atoms with van der Waals surface area (Å²) in [4.78, 5) is 23.6. The summed E-state index contributed by atoms with van der Waals surface area (Å²) in [6.45, 7) is 0. The fourth-order valence-electron chi connectivity index (χ4n) is 1.58. The summed E-state index contributed by atoms with van der Waals surface area (Å²) in [6.07, 6.45) is 0. The molecule has 2 rings (SSSR count). The predicted octanol–water partition coefficient (Wildman–Crippen LogP) is 1.77. The number of hydrogen-bond donors (Lipinski definition) is 3. The summed E-state index contributed by atoms with van der Waals surface area (Å²) < 4.78 is 12.8. The molecule has 112 valence electrons. The zero-order valence-electron chi connectivity index (χ0n) is 11.3. The van der Waals surface area contributed by atoms with Crippen molar-refractivity contribution in [3.63, 3.8) is 0 Å². The third kappa shape index (κ3) is 4.35. The lowest BCUT2D eigenvalue weighted by molar-refractivity contribution is 0.0934. The minimum Gasteiger partial charge on any atom is -0.298 e. The first kappa shape index (κ1) is 15.6. The summed E-state index contributed by atoms with van der Waals surface area (Å²) in [7, 11) is 0. The molecule has 0 spiro atoms. The van der Waals surface area contributed by atoms with Gasteiger partial charge in [0.2, 0.25) is 0 Å². The lowest BCUT2D eigenvalue weighted by atomic mass is 10.2. The molecule has 0 aliphatic rings. The van der Waals surface area contributed by atoms with Crippen LogP contribution in [0.25, 0.3) is 0 Å². The van der Waals surface area contributed by atoms with Gasteiger partial charge in [-0.1, -0.05) is 18.2 Å². The van der Waals surface area contributed by atoms with Crippen LogP contribution in [0.2, 0.25) is 0 Å². The lowest BCUT2D eigenvalue weighted by Crippen LogP contribution is -2.48. The maximum absolute atomic E-state index is 12.8. The van der Waals surface area contributed by atoms with Crippen LogP contribution in [-0.2, 0) is 0 Å². The molecule has 0 aliphatic carbocycles. The van der Waals surface area contributed by atoms with E-state index in [9.17, 15) is 14.0 Å². The molecule has 0 bridgehead atoms. The standard InChI is InChI=1S/C15H12FN3O2S/c16-12-8-6-11(7-9-12)14(21)18-19-15(22)17-13(20)10-4-2-1-3-5-10/h1-9H,(H,18,21)(H2,17,19,20,22). The number of benzene rings is 2. The second-order valence-electron chi connectivity index (χ2n) is 4.24. The van der Waals surface area contributed by atoms with Gasteiger partial charge >= 0.3 is 0 Å². The van der Waals surface area contributed by atoms with Gasteiger partial charge in [-0.05, 0) is 48.6 Å². The van der Waals surface area contributed by atoms with E-state index in [0.717, 1.165) is 0 Å². The van der Waals surface area contributed by atoms with Crippen LogP contribution >= 0.6 is 12.2 Å². The van der Waals surface area contributed by atoms with E-state index in [2.05, 4.69) is 16.2 Å². The topological polar surface area (TPSA) is 70.2 Å². The number of hydrogen-bond acceptors (Lipinski definition) is 3. The zero-order chi connectivity index (χ0) is 15.9. The number of nitrogens with one attached hydrogen (secondary N) is 3. The third-order valence-electron chi connectivity index (χ3n) is 2.66. The van der Waals surface area contributed by atoms with Gasteiger partial charge in [0.1, 0.15) is 5.82 Å². The van der Waals surface area contributed by atoms with E-state index in [1.807, 2.05) is 0 Å². The van der Waals surface area contributed by atoms with Crippen molar-refractivity contribution >= 4 is 29.1 Å². The highest BCUT2D eigenvalue weighted by molar-refractivity contribution is 7.80. The quantitative estimate of drug-likeness (QED) is 0.583. The first-order chi connectivity index (χ1) is 10.6. The number of carbonyl (C=O) groups is 2. The molecular weight excluding hydrogens is 305 g/mol. The average molecular weight is 317 g/mol. The Bertz CT molecular complexity index is 690. The zero-order valence-corrected chi connectivity index (χ0v) is 12.1. The minimum atomic E-state index is -0.503. The van der Waals surface area contributed by atoms with Crippen LogP contribution < -0.4 is 16.2 Å². The Kier molecular flexibility index (Phi) is 5.16. The maximum Gasteiger partial charge on any atom is 0.269 e. The molecule has 7 heteroatoms. The SMILES string of the molecule is O=C(NNC(=S)NC(=O)c1ccccc1)c1ccc(F)cc1. The number of carbonyl (C=O) groups excluding carboxylic acids is 2. The van der Waals surface area contributed by atoms with Gasteiger partial charge in [-0.3, -0.25) is 25.8 Å². The smallest absolute Gasteiger partial charge is 0.269 e. The second-order valence-corrected chi connectivity index (χ2v) is 4.64. The largest absolute Gasteiger partial charge is 0.298 e. The highest BCUT2D eigenvalue weighted by Crippen LogP contribution is 2.02. The normalized spacial score (nSPS) is 9.68. The Morgan fingerprint density at radius 3 is 2.05 bits per heavy atom. The first-order valence-electron chi connectivity index (χ1n) is 6.28. The van der Waals surface area contributed by atoms with E-state index in [1.165, 1.54) is 24.3 Å². The molecule has 0 fully saturated rings. The lowest BCUT2D eigenvalue weighted by Gasteiger charge is -2.10. The van der Waals surface area contributed by atoms with Gasteiger partial charge in [0.15, 0.2) is 5.11 Å². The minimum absolute atomic E-state index is 0.0516. The maximum atomic E-state index is 12.8. The van der Waals surface area contributed by atoms with Crippen molar-refractivity contribution in [3.8, 4) is 0 Å². The number of amides is 2. The Morgan fingerprint density at radius 1 is 0.818 bits per heavy atom. The van der Waals surface area contributed by atoms with E-state index in [0.29, 0.717) is 5.56 Å². The van der Waals surface area contributed by atoms with E-state index < -0.39 is 17.6 Å². The second kappa shape index (κ2) is 7.28. The van der Waals surface area contributed by atoms with Crippen LogP contribution in [0.4, 0.5) is 4.39 Å². The molecule has 0 atom stereocenters. The van der Waals surface area contributed by atoms with Crippen molar-refractivity contribution in [3.05, 3.63) is 71.5 Å². The fourth-order valence-corrected chi connectivity index (χ4v) is 1.73. The molecular formula is C15H12FN3O2S. The van der Waals surface area contributed by atoms with E-state index in [4.69, 9.17) is 12.2 Å². The average Bonchev–Trinajstić information content (AvgIpc) is 2.54. The van der Waals surface area contributed by atoms with Crippen molar-refractivity contribution in [2.75, 3.05) is 0 Å².